The van der Waals surface area contributed by atoms with Crippen molar-refractivity contribution in [2.75, 3.05) is 13.2 Å². The zero-order valence-corrected chi connectivity index (χ0v) is 9.81. The lowest BCUT2D eigenvalue weighted by Crippen LogP contribution is -2.06. The lowest BCUT2D eigenvalue weighted by atomic mass is 10.3. The number of nitrogens with two attached hydrogens (primary N) is 1. The van der Waals surface area contributed by atoms with Gasteiger partial charge in [-0.25, -0.2) is 0 Å². The third-order valence-electron chi connectivity index (χ3n) is 1.60. The van der Waals surface area contributed by atoms with E-state index in [0.717, 1.165) is 6.42 Å². The summed E-state index contributed by atoms with van der Waals surface area (Å²) >= 11 is 8.96. The molecule has 0 saturated heterocycles. The summed E-state index contributed by atoms with van der Waals surface area (Å²) < 4.78 is 5.82. The predicted octanol–water partition coefficient (Wildman–Crippen LogP) is 2.54. The minimum Gasteiger partial charge on any atom is -0.503 e. The van der Waals surface area contributed by atoms with Gasteiger partial charge in [-0.3, -0.25) is 0 Å². The number of phenolic OH excluding ortho intramolecular Hbond substituents is 1. The Bertz CT molecular complexity index is 320. The highest BCUT2D eigenvalue weighted by Crippen LogP contribution is 2.36. The quantitative estimate of drug-likeness (QED) is 0.833. The fourth-order valence-electron chi connectivity index (χ4n) is 0.918. The summed E-state index contributed by atoms with van der Waals surface area (Å²) in [5.41, 5.74) is 5.31. The van der Waals surface area contributed by atoms with Crippen LogP contribution < -0.4 is 10.5 Å². The first-order valence-corrected chi connectivity index (χ1v) is 5.33. The molecule has 14 heavy (non-hydrogen) atoms. The second kappa shape index (κ2) is 5.44. The molecule has 1 aromatic rings. The van der Waals surface area contributed by atoms with E-state index in [1.54, 1.807) is 12.1 Å². The van der Waals surface area contributed by atoms with Crippen molar-refractivity contribution in [3.8, 4) is 11.5 Å². The SMILES string of the molecule is NCCCOc1cc(Cl)cc(Br)c1O. The van der Waals surface area contributed by atoms with Crippen molar-refractivity contribution >= 4 is 27.5 Å². The molecule has 0 amide bonds. The number of hydrogen-bond acceptors (Lipinski definition) is 3. The van der Waals surface area contributed by atoms with Crippen molar-refractivity contribution in [3.63, 3.8) is 0 Å². The zero-order valence-electron chi connectivity index (χ0n) is 7.46. The molecule has 0 atom stereocenters. The third kappa shape index (κ3) is 3.04. The average molecular weight is 281 g/mol. The van der Waals surface area contributed by atoms with E-state index >= 15 is 0 Å². The highest BCUT2D eigenvalue weighted by atomic mass is 79.9. The van der Waals surface area contributed by atoms with Gasteiger partial charge in [-0.15, -0.1) is 0 Å². The average Bonchev–Trinajstić information content (AvgIpc) is 2.13. The Morgan fingerprint density at radius 2 is 2.21 bits per heavy atom. The van der Waals surface area contributed by atoms with E-state index in [2.05, 4.69) is 15.9 Å². The van der Waals surface area contributed by atoms with Crippen LogP contribution in [0.2, 0.25) is 5.02 Å². The van der Waals surface area contributed by atoms with Gasteiger partial charge in [0.2, 0.25) is 0 Å². The van der Waals surface area contributed by atoms with Gasteiger partial charge >= 0.3 is 0 Å². The van der Waals surface area contributed by atoms with E-state index in [1.165, 1.54) is 0 Å². The second-order valence-electron chi connectivity index (χ2n) is 2.73. The molecular formula is C9H11BrClNO2. The standard InChI is InChI=1S/C9H11BrClNO2/c10-7-4-6(11)5-8(9(7)13)14-3-1-2-12/h4-5,13H,1-3,12H2. The summed E-state index contributed by atoms with van der Waals surface area (Å²) in [7, 11) is 0. The molecule has 1 rings (SSSR count). The molecule has 0 unspecified atom stereocenters. The van der Waals surface area contributed by atoms with Gasteiger partial charge in [0, 0.05) is 11.1 Å². The van der Waals surface area contributed by atoms with Crippen molar-refractivity contribution in [1.82, 2.24) is 0 Å². The maximum absolute atomic E-state index is 9.56. The van der Waals surface area contributed by atoms with Crippen LogP contribution in [-0.4, -0.2) is 18.3 Å². The van der Waals surface area contributed by atoms with Crippen LogP contribution in [0.5, 0.6) is 11.5 Å². The van der Waals surface area contributed by atoms with E-state index in [4.69, 9.17) is 22.1 Å². The van der Waals surface area contributed by atoms with Gasteiger partial charge in [0.05, 0.1) is 11.1 Å². The van der Waals surface area contributed by atoms with E-state index in [9.17, 15) is 5.11 Å². The molecule has 0 fully saturated rings. The second-order valence-corrected chi connectivity index (χ2v) is 4.02. The van der Waals surface area contributed by atoms with Crippen molar-refractivity contribution in [3.05, 3.63) is 21.6 Å². The van der Waals surface area contributed by atoms with E-state index in [1.807, 2.05) is 0 Å². The van der Waals surface area contributed by atoms with Crippen molar-refractivity contribution in [2.45, 2.75) is 6.42 Å². The maximum atomic E-state index is 9.56. The molecule has 78 valence electrons. The first-order valence-electron chi connectivity index (χ1n) is 4.16. The summed E-state index contributed by atoms with van der Waals surface area (Å²) in [5.74, 6) is 0.434. The third-order valence-corrected chi connectivity index (χ3v) is 2.42. The van der Waals surface area contributed by atoms with Crippen molar-refractivity contribution in [1.29, 1.82) is 0 Å². The number of hydrogen-bond donors (Lipinski definition) is 2. The van der Waals surface area contributed by atoms with Crippen LogP contribution in [0.25, 0.3) is 0 Å². The molecular weight excluding hydrogens is 269 g/mol. The number of phenols is 1. The summed E-state index contributed by atoms with van der Waals surface area (Å²) in [4.78, 5) is 0. The van der Waals surface area contributed by atoms with Crippen LogP contribution in [0.3, 0.4) is 0 Å². The molecule has 0 aliphatic heterocycles. The molecule has 0 bridgehead atoms. The van der Waals surface area contributed by atoms with E-state index < -0.39 is 0 Å². The molecule has 3 nitrogen and oxygen atoms in total. The zero-order chi connectivity index (χ0) is 10.6. The molecule has 1 aromatic carbocycles. The van der Waals surface area contributed by atoms with Crippen LogP contribution in [0, 0.1) is 0 Å². The number of rotatable bonds is 4. The summed E-state index contributed by atoms with van der Waals surface area (Å²) in [6.45, 7) is 1.03. The van der Waals surface area contributed by atoms with E-state index in [0.29, 0.717) is 28.4 Å². The number of aromatic hydroxyl groups is 1. The molecule has 0 radical (unpaired) electrons. The van der Waals surface area contributed by atoms with Gasteiger partial charge in [-0.05, 0) is 35.0 Å². The molecule has 5 heteroatoms. The van der Waals surface area contributed by atoms with Gasteiger partial charge in [0.15, 0.2) is 11.5 Å². The largest absolute Gasteiger partial charge is 0.503 e. The Labute approximate surface area is 95.9 Å². The Morgan fingerprint density at radius 1 is 1.50 bits per heavy atom. The Balaban J connectivity index is 2.75. The molecule has 0 aliphatic rings. The number of ether oxygens (including phenoxy) is 1. The normalized spacial score (nSPS) is 10.2. The lowest BCUT2D eigenvalue weighted by molar-refractivity contribution is 0.295. The number of halogens is 2. The van der Waals surface area contributed by atoms with Crippen LogP contribution in [0.4, 0.5) is 0 Å². The van der Waals surface area contributed by atoms with Gasteiger partial charge in [-0.2, -0.15) is 0 Å². The summed E-state index contributed by atoms with van der Waals surface area (Å²) in [5, 5.41) is 10.1. The topological polar surface area (TPSA) is 55.5 Å². The van der Waals surface area contributed by atoms with Crippen LogP contribution in [0.15, 0.2) is 16.6 Å². The molecule has 3 N–H and O–H groups in total. The fraction of sp³-hybridized carbons (Fsp3) is 0.333. The molecule has 0 aliphatic carbocycles. The molecule has 0 spiro atoms. The first kappa shape index (κ1) is 11.6. The number of benzene rings is 1. The van der Waals surface area contributed by atoms with Gasteiger partial charge in [0.25, 0.3) is 0 Å². The summed E-state index contributed by atoms with van der Waals surface area (Å²) in [6.07, 6.45) is 0.740. The van der Waals surface area contributed by atoms with Crippen LogP contribution in [-0.2, 0) is 0 Å². The Kier molecular flexibility index (Phi) is 4.51. The molecule has 0 aromatic heterocycles. The van der Waals surface area contributed by atoms with Gasteiger partial charge < -0.3 is 15.6 Å². The highest BCUT2D eigenvalue weighted by molar-refractivity contribution is 9.10. The Morgan fingerprint density at radius 3 is 2.86 bits per heavy atom. The van der Waals surface area contributed by atoms with Crippen molar-refractivity contribution in [2.24, 2.45) is 5.73 Å². The van der Waals surface area contributed by atoms with Gasteiger partial charge in [0.1, 0.15) is 0 Å². The molecule has 0 saturated carbocycles. The highest BCUT2D eigenvalue weighted by Gasteiger charge is 2.08. The minimum absolute atomic E-state index is 0.0615. The maximum Gasteiger partial charge on any atom is 0.172 e. The van der Waals surface area contributed by atoms with Gasteiger partial charge in [-0.1, -0.05) is 11.6 Å². The van der Waals surface area contributed by atoms with Crippen LogP contribution in [0.1, 0.15) is 6.42 Å². The minimum atomic E-state index is 0.0615. The van der Waals surface area contributed by atoms with Crippen molar-refractivity contribution < 1.29 is 9.84 Å². The monoisotopic (exact) mass is 279 g/mol. The Hall–Kier alpha value is -0.450. The predicted molar refractivity (Wildman–Crippen MR) is 60.0 cm³/mol. The fourth-order valence-corrected chi connectivity index (χ4v) is 1.70. The smallest absolute Gasteiger partial charge is 0.172 e. The van der Waals surface area contributed by atoms with Crippen LogP contribution >= 0.6 is 27.5 Å². The van der Waals surface area contributed by atoms with E-state index in [-0.39, 0.29) is 5.75 Å². The lowest BCUT2D eigenvalue weighted by Gasteiger charge is -2.08. The first-order chi connectivity index (χ1) is 6.65. The summed E-state index contributed by atoms with van der Waals surface area (Å²) in [6, 6.07) is 3.17. The molecule has 0 heterocycles.